The van der Waals surface area contributed by atoms with Crippen molar-refractivity contribution >= 4 is 29.9 Å². The van der Waals surface area contributed by atoms with Gasteiger partial charge in [-0.2, -0.15) is 8.42 Å². The summed E-state index contributed by atoms with van der Waals surface area (Å²) in [4.78, 5) is 0. The Labute approximate surface area is 134 Å². The van der Waals surface area contributed by atoms with Crippen LogP contribution in [-0.2, 0) is 23.4 Å². The maximum atomic E-state index is 10.4. The average Bonchev–Trinajstić information content (AvgIpc) is 2.30. The predicted octanol–water partition coefficient (Wildman–Crippen LogP) is 2.51. The van der Waals surface area contributed by atoms with Gasteiger partial charge in [0.1, 0.15) is 0 Å². The minimum absolute atomic E-state index is 0.326. The molecular weight excluding hydrogens is 340 g/mol. The van der Waals surface area contributed by atoms with Gasteiger partial charge in [0.2, 0.25) is 9.05 Å². The molecule has 0 aliphatic rings. The van der Waals surface area contributed by atoms with Gasteiger partial charge in [-0.05, 0) is 12.8 Å². The molecule has 0 aliphatic heterocycles. The van der Waals surface area contributed by atoms with Crippen molar-refractivity contribution in [2.24, 2.45) is 0 Å². The van der Waals surface area contributed by atoms with Gasteiger partial charge in [0.15, 0.2) is 0 Å². The normalized spacial score (nSPS) is 11.0. The second-order valence-electron chi connectivity index (χ2n) is 4.35. The zero-order valence-corrected chi connectivity index (χ0v) is 15.7. The van der Waals surface area contributed by atoms with Crippen LogP contribution >= 0.6 is 10.7 Å². The van der Waals surface area contributed by atoms with Gasteiger partial charge >= 0.3 is 0 Å². The first-order valence-electron chi connectivity index (χ1n) is 6.82. The highest BCUT2D eigenvalue weighted by Gasteiger charge is 1.98. The monoisotopic (exact) mass is 368 g/mol. The van der Waals surface area contributed by atoms with Gasteiger partial charge in [-0.1, -0.05) is 39.5 Å². The highest BCUT2D eigenvalue weighted by molar-refractivity contribution is 8.13. The molecule has 0 rings (SSSR count). The lowest BCUT2D eigenvalue weighted by atomic mass is 10.3. The Morgan fingerprint density at radius 2 is 1.29 bits per heavy atom. The van der Waals surface area contributed by atoms with Crippen LogP contribution in [0.2, 0.25) is 0 Å². The summed E-state index contributed by atoms with van der Waals surface area (Å²) in [7, 11) is -1.90. The Kier molecular flexibility index (Phi) is 20.4. The zero-order valence-electron chi connectivity index (χ0n) is 13.3. The Hall–Kier alpha value is 0.110. The molecular formula is C12H29ClO6S2. The fourth-order valence-corrected chi connectivity index (χ4v) is 1.34. The molecule has 132 valence electrons. The van der Waals surface area contributed by atoms with E-state index in [0.717, 1.165) is 44.6 Å². The van der Waals surface area contributed by atoms with Crippen molar-refractivity contribution in [3.63, 3.8) is 0 Å². The largest absolute Gasteiger partial charge is 0.396 e. The van der Waals surface area contributed by atoms with Crippen molar-refractivity contribution in [1.82, 2.24) is 0 Å². The molecule has 0 bridgehead atoms. The third-order valence-corrected chi connectivity index (χ3v) is 2.40. The van der Waals surface area contributed by atoms with E-state index in [1.165, 1.54) is 6.42 Å². The molecule has 0 atom stereocenters. The first-order valence-corrected chi connectivity index (χ1v) is 11.4. The van der Waals surface area contributed by atoms with Crippen LogP contribution < -0.4 is 0 Å². The van der Waals surface area contributed by atoms with Crippen molar-refractivity contribution in [2.75, 3.05) is 25.7 Å². The number of hydrogen-bond acceptors (Lipinski definition) is 6. The fourth-order valence-electron chi connectivity index (χ4n) is 0.924. The molecule has 0 aliphatic carbocycles. The molecule has 0 aromatic heterocycles. The molecule has 6 nitrogen and oxygen atoms in total. The van der Waals surface area contributed by atoms with E-state index in [4.69, 9.17) is 5.11 Å². The van der Waals surface area contributed by atoms with Crippen molar-refractivity contribution in [3.8, 4) is 0 Å². The van der Waals surface area contributed by atoms with Gasteiger partial charge in [0, 0.05) is 17.3 Å². The summed E-state index contributed by atoms with van der Waals surface area (Å²) in [6.45, 7) is 4.86. The summed E-state index contributed by atoms with van der Waals surface area (Å²) in [5.41, 5.74) is 0. The van der Waals surface area contributed by atoms with Gasteiger partial charge in [-0.3, -0.25) is 4.18 Å². The Morgan fingerprint density at radius 1 is 0.905 bits per heavy atom. The number of halogens is 1. The molecule has 21 heavy (non-hydrogen) atoms. The Balaban J connectivity index is -0.000000252. The van der Waals surface area contributed by atoms with E-state index in [9.17, 15) is 16.8 Å². The fraction of sp³-hybridized carbons (Fsp3) is 1.00. The lowest BCUT2D eigenvalue weighted by molar-refractivity contribution is 0.284. The van der Waals surface area contributed by atoms with Crippen LogP contribution in [0.1, 0.15) is 52.4 Å². The van der Waals surface area contributed by atoms with Gasteiger partial charge in [0.25, 0.3) is 10.1 Å². The first kappa shape index (κ1) is 26.0. The van der Waals surface area contributed by atoms with E-state index in [-0.39, 0.29) is 0 Å². The van der Waals surface area contributed by atoms with Crippen molar-refractivity contribution in [2.45, 2.75) is 52.4 Å². The van der Waals surface area contributed by atoms with Crippen LogP contribution in [0.4, 0.5) is 0 Å². The van der Waals surface area contributed by atoms with Gasteiger partial charge in [-0.15, -0.1) is 0 Å². The molecule has 0 spiro atoms. The summed E-state index contributed by atoms with van der Waals surface area (Å²) in [6.07, 6.45) is 8.24. The molecule has 1 N–H and O–H groups in total. The molecule has 0 heterocycles. The number of rotatable bonds is 8. The lowest BCUT2D eigenvalue weighted by Crippen LogP contribution is -2.03. The summed E-state index contributed by atoms with van der Waals surface area (Å²) in [5, 5.41) is 8.20. The van der Waals surface area contributed by atoms with Crippen LogP contribution in [0.25, 0.3) is 0 Å². The molecule has 0 aromatic carbocycles. The third kappa shape index (κ3) is 64.5. The highest BCUT2D eigenvalue weighted by atomic mass is 35.7. The third-order valence-electron chi connectivity index (χ3n) is 1.81. The molecule has 0 radical (unpaired) electrons. The van der Waals surface area contributed by atoms with Crippen molar-refractivity contribution in [1.29, 1.82) is 0 Å². The van der Waals surface area contributed by atoms with Gasteiger partial charge < -0.3 is 5.11 Å². The minimum atomic E-state index is -3.20. The molecule has 0 saturated heterocycles. The molecule has 0 aromatic rings. The van der Waals surface area contributed by atoms with Crippen molar-refractivity contribution < 1.29 is 26.1 Å². The van der Waals surface area contributed by atoms with Crippen LogP contribution in [0.3, 0.4) is 0 Å². The second-order valence-corrected chi connectivity index (χ2v) is 9.03. The highest BCUT2D eigenvalue weighted by Crippen LogP contribution is 1.96. The number of aliphatic hydroxyl groups excluding tert-OH is 1. The molecule has 0 unspecified atom stereocenters. The summed E-state index contributed by atoms with van der Waals surface area (Å²) < 4.78 is 44.0. The van der Waals surface area contributed by atoms with E-state index >= 15 is 0 Å². The predicted molar refractivity (Wildman–Crippen MR) is 87.6 cm³/mol. The van der Waals surface area contributed by atoms with E-state index in [0.29, 0.717) is 13.2 Å². The number of hydrogen-bond donors (Lipinski definition) is 1. The Bertz CT molecular complexity index is 380. The molecule has 9 heteroatoms. The molecule has 0 amide bonds. The topological polar surface area (TPSA) is 97.7 Å². The standard InChI is InChI=1S/C6H14O3S.C5H12O.CH3ClO2S/c1-3-4-5-6-9-10(2,7)8;1-2-3-4-5-6;1-5(2,3)4/h3-6H2,1-2H3;6H,2-5H2,1H3;1H3. The number of unbranched alkanes of at least 4 members (excludes halogenated alkanes) is 4. The van der Waals surface area contributed by atoms with Crippen LogP contribution in [-0.4, -0.2) is 47.7 Å². The average molecular weight is 369 g/mol. The van der Waals surface area contributed by atoms with Gasteiger partial charge in [0.05, 0.1) is 19.1 Å². The van der Waals surface area contributed by atoms with Crippen LogP contribution in [0.5, 0.6) is 0 Å². The molecule has 0 fully saturated rings. The summed E-state index contributed by atoms with van der Waals surface area (Å²) in [6, 6.07) is 0. The minimum Gasteiger partial charge on any atom is -0.396 e. The van der Waals surface area contributed by atoms with Crippen LogP contribution in [0.15, 0.2) is 0 Å². The lowest BCUT2D eigenvalue weighted by Gasteiger charge is -1.98. The SMILES string of the molecule is CCCCCO.CCCCCOS(C)(=O)=O.CS(=O)(=O)Cl. The maximum absolute atomic E-state index is 10.4. The Morgan fingerprint density at radius 3 is 1.52 bits per heavy atom. The smallest absolute Gasteiger partial charge is 0.264 e. The molecule has 0 saturated carbocycles. The first-order chi connectivity index (χ1) is 9.47. The quantitative estimate of drug-likeness (QED) is 0.401. The zero-order chi connectivity index (χ0) is 17.4. The second kappa shape index (κ2) is 16.5. The number of aliphatic hydroxyl groups is 1. The van der Waals surface area contributed by atoms with E-state index in [2.05, 4.69) is 28.7 Å². The van der Waals surface area contributed by atoms with E-state index in [1.807, 2.05) is 0 Å². The van der Waals surface area contributed by atoms with Crippen LogP contribution in [0, 0.1) is 0 Å². The summed E-state index contributed by atoms with van der Waals surface area (Å²) in [5.74, 6) is 0. The maximum Gasteiger partial charge on any atom is 0.264 e. The van der Waals surface area contributed by atoms with E-state index in [1.54, 1.807) is 0 Å². The summed E-state index contributed by atoms with van der Waals surface area (Å²) >= 11 is 0. The van der Waals surface area contributed by atoms with Crippen molar-refractivity contribution in [3.05, 3.63) is 0 Å². The van der Waals surface area contributed by atoms with Gasteiger partial charge in [-0.25, -0.2) is 8.42 Å². The van der Waals surface area contributed by atoms with E-state index < -0.39 is 19.2 Å².